The average molecular weight is 456 g/mol. The Kier molecular flexibility index (Phi) is 5.67. The van der Waals surface area contributed by atoms with Crippen molar-refractivity contribution < 1.29 is 9.59 Å². The Morgan fingerprint density at radius 1 is 1.16 bits per heavy atom. The lowest BCUT2D eigenvalue weighted by atomic mass is 9.68. The van der Waals surface area contributed by atoms with E-state index in [1.165, 1.54) is 0 Å². The highest BCUT2D eigenvalue weighted by molar-refractivity contribution is 6.42. The summed E-state index contributed by atoms with van der Waals surface area (Å²) in [5, 5.41) is 6.90. The normalized spacial score (nSPS) is 20.3. The van der Waals surface area contributed by atoms with Crippen LogP contribution in [0.4, 0.5) is 5.82 Å². The van der Waals surface area contributed by atoms with Gasteiger partial charge in [-0.15, -0.1) is 0 Å². The summed E-state index contributed by atoms with van der Waals surface area (Å²) in [7, 11) is 0. The van der Waals surface area contributed by atoms with Crippen molar-refractivity contribution in [2.24, 2.45) is 5.41 Å². The predicted molar refractivity (Wildman–Crippen MR) is 123 cm³/mol. The van der Waals surface area contributed by atoms with Crippen LogP contribution in [0.25, 0.3) is 0 Å². The SMILES string of the molecule is CC1=C(C(=O)Nc2ccccn2)C(c2cccc(Cl)c2Cl)C2=C(CC(C)(C)CC2=O)N1. The van der Waals surface area contributed by atoms with Gasteiger partial charge in [0.05, 0.1) is 10.0 Å². The zero-order valence-corrected chi connectivity index (χ0v) is 19.1. The maximum atomic E-state index is 13.4. The van der Waals surface area contributed by atoms with E-state index < -0.39 is 5.92 Å². The van der Waals surface area contributed by atoms with E-state index in [0.717, 1.165) is 5.70 Å². The van der Waals surface area contributed by atoms with Crippen LogP contribution >= 0.6 is 23.2 Å². The molecule has 2 heterocycles. The molecule has 0 fully saturated rings. The molecule has 0 saturated heterocycles. The molecule has 160 valence electrons. The lowest BCUT2D eigenvalue weighted by molar-refractivity contribution is -0.118. The van der Waals surface area contributed by atoms with Gasteiger partial charge in [0.2, 0.25) is 0 Å². The largest absolute Gasteiger partial charge is 0.362 e. The molecule has 31 heavy (non-hydrogen) atoms. The molecule has 1 atom stereocenters. The van der Waals surface area contributed by atoms with E-state index in [-0.39, 0.29) is 17.1 Å². The van der Waals surface area contributed by atoms with Crippen molar-refractivity contribution in [1.29, 1.82) is 0 Å². The van der Waals surface area contributed by atoms with Crippen molar-refractivity contribution >= 4 is 40.7 Å². The Labute approximate surface area is 191 Å². The highest BCUT2D eigenvalue weighted by Crippen LogP contribution is 2.48. The summed E-state index contributed by atoms with van der Waals surface area (Å²) in [6.07, 6.45) is 2.71. The fraction of sp³-hybridized carbons (Fsp3) is 0.292. The number of nitrogens with one attached hydrogen (secondary N) is 2. The van der Waals surface area contributed by atoms with Crippen LogP contribution < -0.4 is 10.6 Å². The minimum atomic E-state index is -0.616. The molecule has 2 aliphatic rings. The number of Topliss-reactive ketones (excluding diaryl/α,β-unsaturated/α-hetero) is 1. The fourth-order valence-electron chi connectivity index (χ4n) is 4.41. The first-order valence-electron chi connectivity index (χ1n) is 10.1. The zero-order valence-electron chi connectivity index (χ0n) is 17.6. The topological polar surface area (TPSA) is 71.1 Å². The summed E-state index contributed by atoms with van der Waals surface area (Å²) in [6, 6.07) is 10.6. The molecule has 1 amide bonds. The number of ketones is 1. The minimum Gasteiger partial charge on any atom is -0.362 e. The summed E-state index contributed by atoms with van der Waals surface area (Å²) in [4.78, 5) is 30.9. The Morgan fingerprint density at radius 3 is 2.65 bits per heavy atom. The van der Waals surface area contributed by atoms with E-state index in [1.54, 1.807) is 36.5 Å². The Balaban J connectivity index is 1.86. The zero-order chi connectivity index (χ0) is 22.3. The number of halogens is 2. The van der Waals surface area contributed by atoms with E-state index >= 15 is 0 Å². The van der Waals surface area contributed by atoms with Crippen molar-refractivity contribution in [2.45, 2.75) is 39.5 Å². The molecule has 0 bridgehead atoms. The number of aromatic nitrogens is 1. The molecule has 0 radical (unpaired) electrons. The van der Waals surface area contributed by atoms with E-state index in [4.69, 9.17) is 23.2 Å². The van der Waals surface area contributed by atoms with Gasteiger partial charge < -0.3 is 10.6 Å². The number of hydrogen-bond donors (Lipinski definition) is 2. The number of anilines is 1. The van der Waals surface area contributed by atoms with Gasteiger partial charge in [-0.1, -0.05) is 55.2 Å². The third kappa shape index (κ3) is 4.12. The van der Waals surface area contributed by atoms with Crippen molar-refractivity contribution in [3.63, 3.8) is 0 Å². The van der Waals surface area contributed by atoms with Gasteiger partial charge in [-0.2, -0.15) is 0 Å². The summed E-state index contributed by atoms with van der Waals surface area (Å²) < 4.78 is 0. The van der Waals surface area contributed by atoms with Gasteiger partial charge in [0.25, 0.3) is 5.91 Å². The fourth-order valence-corrected chi connectivity index (χ4v) is 4.83. The van der Waals surface area contributed by atoms with Gasteiger partial charge in [0.1, 0.15) is 5.82 Å². The summed E-state index contributed by atoms with van der Waals surface area (Å²) in [6.45, 7) is 5.98. The first kappa shape index (κ1) is 21.6. The Hall–Kier alpha value is -2.63. The lowest BCUT2D eigenvalue weighted by Gasteiger charge is -2.39. The van der Waals surface area contributed by atoms with Crippen LogP contribution in [0.5, 0.6) is 0 Å². The van der Waals surface area contributed by atoms with Crippen LogP contribution in [-0.2, 0) is 9.59 Å². The number of carbonyl (C=O) groups excluding carboxylic acids is 2. The van der Waals surface area contributed by atoms with Gasteiger partial charge in [0, 0.05) is 41.1 Å². The van der Waals surface area contributed by atoms with E-state index in [0.29, 0.717) is 51.1 Å². The summed E-state index contributed by atoms with van der Waals surface area (Å²) >= 11 is 12.9. The Morgan fingerprint density at radius 2 is 1.94 bits per heavy atom. The number of dihydropyridines is 1. The first-order valence-corrected chi connectivity index (χ1v) is 10.8. The van der Waals surface area contributed by atoms with E-state index in [1.807, 2.05) is 13.0 Å². The smallest absolute Gasteiger partial charge is 0.255 e. The molecule has 1 aromatic carbocycles. The predicted octanol–water partition coefficient (Wildman–Crippen LogP) is 5.63. The molecule has 1 aromatic heterocycles. The quantitative estimate of drug-likeness (QED) is 0.628. The van der Waals surface area contributed by atoms with Crippen molar-refractivity contribution in [3.05, 3.63) is 80.7 Å². The van der Waals surface area contributed by atoms with Gasteiger partial charge in [-0.05, 0) is 42.5 Å². The van der Waals surface area contributed by atoms with Crippen LogP contribution in [0.3, 0.4) is 0 Å². The monoisotopic (exact) mass is 455 g/mol. The highest BCUT2D eigenvalue weighted by Gasteiger charge is 2.43. The standard InChI is InChI=1S/C24H23Cl2N3O2/c1-13-19(23(31)29-18-9-4-5-10-27-18)20(14-7-6-8-15(25)22(14)26)21-16(28-13)11-24(2,3)12-17(21)30/h4-10,20,28H,11-12H2,1-3H3,(H,27,29,31). The summed E-state index contributed by atoms with van der Waals surface area (Å²) in [5.74, 6) is -0.515. The second-order valence-corrected chi connectivity index (χ2v) is 9.53. The molecule has 5 nitrogen and oxygen atoms in total. The second-order valence-electron chi connectivity index (χ2n) is 8.74. The minimum absolute atomic E-state index is 0.00966. The maximum absolute atomic E-state index is 13.4. The van der Waals surface area contributed by atoms with Crippen LogP contribution in [0, 0.1) is 5.41 Å². The molecule has 1 aliphatic heterocycles. The Bertz CT molecular complexity index is 1140. The number of rotatable bonds is 3. The number of benzene rings is 1. The van der Waals surface area contributed by atoms with Gasteiger partial charge >= 0.3 is 0 Å². The number of amides is 1. The number of hydrogen-bond acceptors (Lipinski definition) is 4. The van der Waals surface area contributed by atoms with Gasteiger partial charge in [0.15, 0.2) is 5.78 Å². The molecule has 1 aliphatic carbocycles. The van der Waals surface area contributed by atoms with E-state index in [9.17, 15) is 9.59 Å². The van der Waals surface area contributed by atoms with Gasteiger partial charge in [-0.3, -0.25) is 9.59 Å². The lowest BCUT2D eigenvalue weighted by Crippen LogP contribution is -2.39. The van der Waals surface area contributed by atoms with Crippen molar-refractivity contribution in [1.82, 2.24) is 10.3 Å². The molecular formula is C24H23Cl2N3O2. The number of carbonyl (C=O) groups is 2. The van der Waals surface area contributed by atoms with Crippen molar-refractivity contribution in [2.75, 3.05) is 5.32 Å². The van der Waals surface area contributed by atoms with E-state index in [2.05, 4.69) is 29.5 Å². The van der Waals surface area contributed by atoms with Gasteiger partial charge in [-0.25, -0.2) is 4.98 Å². The van der Waals surface area contributed by atoms with Crippen LogP contribution in [0.2, 0.25) is 10.0 Å². The molecule has 0 spiro atoms. The molecule has 4 rings (SSSR count). The number of pyridine rings is 1. The number of nitrogens with zero attached hydrogens (tertiary/aromatic N) is 1. The van der Waals surface area contributed by atoms with Crippen LogP contribution in [-0.4, -0.2) is 16.7 Å². The first-order chi connectivity index (χ1) is 14.7. The summed E-state index contributed by atoms with van der Waals surface area (Å²) in [5.41, 5.74) is 3.01. The molecular weight excluding hydrogens is 433 g/mol. The average Bonchev–Trinajstić information content (AvgIpc) is 2.68. The molecule has 7 heteroatoms. The van der Waals surface area contributed by atoms with Crippen molar-refractivity contribution in [3.8, 4) is 0 Å². The maximum Gasteiger partial charge on any atom is 0.255 e. The highest BCUT2D eigenvalue weighted by atomic mass is 35.5. The second kappa shape index (κ2) is 8.13. The number of allylic oxidation sites excluding steroid dienone is 3. The molecule has 0 saturated carbocycles. The molecule has 2 aromatic rings. The molecule has 1 unspecified atom stereocenters. The molecule has 2 N–H and O–H groups in total. The van der Waals surface area contributed by atoms with Crippen LogP contribution in [0.1, 0.15) is 45.1 Å². The van der Waals surface area contributed by atoms with Crippen LogP contribution in [0.15, 0.2) is 65.1 Å². The third-order valence-corrected chi connectivity index (χ3v) is 6.52. The third-order valence-electron chi connectivity index (χ3n) is 5.68.